The van der Waals surface area contributed by atoms with Crippen molar-refractivity contribution in [3.63, 3.8) is 0 Å². The molecule has 0 saturated carbocycles. The van der Waals surface area contributed by atoms with E-state index < -0.39 is 0 Å². The zero-order valence-electron chi connectivity index (χ0n) is 6.94. The van der Waals surface area contributed by atoms with Gasteiger partial charge in [-0.2, -0.15) is 0 Å². The van der Waals surface area contributed by atoms with Gasteiger partial charge in [-0.15, -0.1) is 0 Å². The molecule has 0 aromatic heterocycles. The highest BCUT2D eigenvalue weighted by molar-refractivity contribution is 4.80. The number of ether oxygens (including phenoxy) is 1. The summed E-state index contributed by atoms with van der Waals surface area (Å²) < 4.78 is 12.6. The van der Waals surface area contributed by atoms with Crippen molar-refractivity contribution in [1.29, 1.82) is 0 Å². The van der Waals surface area contributed by atoms with Crippen LogP contribution in [0.3, 0.4) is 0 Å². The van der Waals surface area contributed by atoms with Gasteiger partial charge in [-0.1, -0.05) is 0 Å². The summed E-state index contributed by atoms with van der Waals surface area (Å²) in [6, 6.07) is 0. The number of hydrogen-bond acceptors (Lipinski definition) is 2. The van der Waals surface area contributed by atoms with E-state index in [1.807, 2.05) is 0 Å². The topological polar surface area (TPSA) is 21.3 Å². The standard InChI is InChI=1S/C7H15NO/c1-7(9-2)3-5-8-6-4-7/h8H,3-6H2,1-2H3/i1D. The second-order valence-corrected chi connectivity index (χ2v) is 2.64. The summed E-state index contributed by atoms with van der Waals surface area (Å²) in [5, 5.41) is 3.24. The zero-order chi connectivity index (χ0) is 7.45. The second kappa shape index (κ2) is 2.67. The summed E-state index contributed by atoms with van der Waals surface area (Å²) in [5.74, 6) is 0. The van der Waals surface area contributed by atoms with E-state index in [4.69, 9.17) is 6.11 Å². The lowest BCUT2D eigenvalue weighted by atomic mass is 9.95. The summed E-state index contributed by atoms with van der Waals surface area (Å²) in [5.41, 5.74) is -0.134. The Kier molecular flexibility index (Phi) is 1.69. The molecule has 54 valence electrons. The van der Waals surface area contributed by atoms with Crippen LogP contribution in [0.4, 0.5) is 0 Å². The van der Waals surface area contributed by atoms with Crippen molar-refractivity contribution >= 4 is 0 Å². The van der Waals surface area contributed by atoms with Crippen molar-refractivity contribution in [2.75, 3.05) is 20.2 Å². The average Bonchev–Trinajstić information content (AvgIpc) is 2.06. The van der Waals surface area contributed by atoms with Crippen LogP contribution in [0.1, 0.15) is 21.1 Å². The van der Waals surface area contributed by atoms with E-state index in [2.05, 4.69) is 5.32 Å². The van der Waals surface area contributed by atoms with Crippen LogP contribution in [0.5, 0.6) is 0 Å². The molecule has 1 rings (SSSR count). The maximum absolute atomic E-state index is 7.29. The fraction of sp³-hybridized carbons (Fsp3) is 1.00. The Morgan fingerprint density at radius 1 is 1.56 bits per heavy atom. The number of methoxy groups -OCH3 is 1. The number of hydrogen-bond donors (Lipinski definition) is 1. The van der Waals surface area contributed by atoms with Crippen LogP contribution in [-0.4, -0.2) is 25.8 Å². The van der Waals surface area contributed by atoms with E-state index in [0.29, 0.717) is 6.90 Å². The van der Waals surface area contributed by atoms with Gasteiger partial charge in [-0.3, -0.25) is 0 Å². The first-order valence-corrected chi connectivity index (χ1v) is 3.38. The first kappa shape index (κ1) is 5.69. The quantitative estimate of drug-likeness (QED) is 0.566. The Hall–Kier alpha value is -0.0800. The second-order valence-electron chi connectivity index (χ2n) is 2.64. The van der Waals surface area contributed by atoms with Crippen LogP contribution in [0.15, 0.2) is 0 Å². The normalized spacial score (nSPS) is 27.4. The molecule has 1 aliphatic heterocycles. The molecule has 2 nitrogen and oxygen atoms in total. The SMILES string of the molecule is [2H]CC1(OC)CCNCC1. The molecule has 0 aromatic carbocycles. The van der Waals surface area contributed by atoms with Crippen LogP contribution < -0.4 is 5.32 Å². The highest BCUT2D eigenvalue weighted by Gasteiger charge is 2.25. The predicted molar refractivity (Wildman–Crippen MR) is 37.5 cm³/mol. The molecule has 1 heterocycles. The Bertz CT molecular complexity index is 95.8. The van der Waals surface area contributed by atoms with E-state index in [1.165, 1.54) is 0 Å². The average molecular weight is 130 g/mol. The maximum Gasteiger partial charge on any atom is 0.0674 e. The molecule has 1 fully saturated rings. The lowest BCUT2D eigenvalue weighted by Gasteiger charge is -2.32. The minimum absolute atomic E-state index is 0.134. The first-order valence-electron chi connectivity index (χ1n) is 4.09. The largest absolute Gasteiger partial charge is 0.378 e. The molecule has 2 heteroatoms. The van der Waals surface area contributed by atoms with Crippen molar-refractivity contribution in [2.45, 2.75) is 25.3 Å². The molecule has 9 heavy (non-hydrogen) atoms. The van der Waals surface area contributed by atoms with Gasteiger partial charge in [0.15, 0.2) is 0 Å². The van der Waals surface area contributed by atoms with Crippen LogP contribution >= 0.6 is 0 Å². The molecular formula is C7H15NO. The number of piperidine rings is 1. The van der Waals surface area contributed by atoms with Gasteiger partial charge in [-0.25, -0.2) is 0 Å². The number of rotatable bonds is 1. The minimum atomic E-state index is -0.134. The molecule has 0 aliphatic carbocycles. The van der Waals surface area contributed by atoms with Crippen molar-refractivity contribution in [3.8, 4) is 0 Å². The van der Waals surface area contributed by atoms with Crippen molar-refractivity contribution in [1.82, 2.24) is 5.32 Å². The van der Waals surface area contributed by atoms with Gasteiger partial charge in [-0.05, 0) is 32.8 Å². The molecule has 0 spiro atoms. The number of nitrogens with one attached hydrogen (secondary N) is 1. The van der Waals surface area contributed by atoms with Gasteiger partial charge in [0.1, 0.15) is 0 Å². The van der Waals surface area contributed by atoms with Gasteiger partial charge < -0.3 is 10.1 Å². The van der Waals surface area contributed by atoms with E-state index >= 15 is 0 Å². The molecule has 0 bridgehead atoms. The smallest absolute Gasteiger partial charge is 0.0674 e. The fourth-order valence-corrected chi connectivity index (χ4v) is 1.09. The molecule has 0 aromatic rings. The van der Waals surface area contributed by atoms with E-state index in [-0.39, 0.29) is 5.60 Å². The van der Waals surface area contributed by atoms with Gasteiger partial charge in [0, 0.05) is 8.48 Å². The van der Waals surface area contributed by atoms with Crippen molar-refractivity contribution < 1.29 is 6.11 Å². The summed E-state index contributed by atoms with van der Waals surface area (Å²) in [4.78, 5) is 0. The summed E-state index contributed by atoms with van der Waals surface area (Å²) in [7, 11) is 1.71. The lowest BCUT2D eigenvalue weighted by Crippen LogP contribution is -2.40. The predicted octanol–water partition coefficient (Wildman–Crippen LogP) is 0.775. The summed E-state index contributed by atoms with van der Waals surface area (Å²) in [6.07, 6.45) is 1.96. The third-order valence-electron chi connectivity index (χ3n) is 1.95. The highest BCUT2D eigenvalue weighted by Crippen LogP contribution is 2.20. The third-order valence-corrected chi connectivity index (χ3v) is 1.95. The molecule has 1 aliphatic rings. The molecule has 1 saturated heterocycles. The highest BCUT2D eigenvalue weighted by atomic mass is 16.5. The Balaban J connectivity index is 2.44. The molecule has 0 unspecified atom stereocenters. The van der Waals surface area contributed by atoms with Gasteiger partial charge in [0.05, 0.1) is 5.60 Å². The van der Waals surface area contributed by atoms with E-state index in [1.54, 1.807) is 7.11 Å². The van der Waals surface area contributed by atoms with Crippen LogP contribution in [-0.2, 0) is 4.74 Å². The fourth-order valence-electron chi connectivity index (χ4n) is 1.09. The van der Waals surface area contributed by atoms with Crippen molar-refractivity contribution in [3.05, 3.63) is 0 Å². The lowest BCUT2D eigenvalue weighted by molar-refractivity contribution is -0.0178. The zero-order valence-corrected chi connectivity index (χ0v) is 5.94. The molecular weight excluding hydrogens is 114 g/mol. The summed E-state index contributed by atoms with van der Waals surface area (Å²) >= 11 is 0. The van der Waals surface area contributed by atoms with Gasteiger partial charge >= 0.3 is 0 Å². The Morgan fingerprint density at radius 2 is 2.22 bits per heavy atom. The van der Waals surface area contributed by atoms with E-state index in [0.717, 1.165) is 25.9 Å². The minimum Gasteiger partial charge on any atom is -0.378 e. The Labute approximate surface area is 58.0 Å². The molecule has 0 atom stereocenters. The van der Waals surface area contributed by atoms with Gasteiger partial charge in [0.2, 0.25) is 0 Å². The third kappa shape index (κ3) is 1.66. The van der Waals surface area contributed by atoms with Crippen molar-refractivity contribution in [2.24, 2.45) is 0 Å². The van der Waals surface area contributed by atoms with Crippen LogP contribution in [0.25, 0.3) is 0 Å². The molecule has 1 N–H and O–H groups in total. The summed E-state index contributed by atoms with van der Waals surface area (Å²) in [6.45, 7) is 2.38. The molecule has 0 radical (unpaired) electrons. The van der Waals surface area contributed by atoms with Crippen LogP contribution in [0.2, 0.25) is 0 Å². The van der Waals surface area contributed by atoms with Gasteiger partial charge in [0.25, 0.3) is 0 Å². The monoisotopic (exact) mass is 130 g/mol. The Morgan fingerprint density at radius 3 is 2.56 bits per heavy atom. The van der Waals surface area contributed by atoms with E-state index in [9.17, 15) is 0 Å². The molecule has 0 amide bonds. The first-order chi connectivity index (χ1) is 4.83. The van der Waals surface area contributed by atoms with Crippen LogP contribution in [0, 0.1) is 0 Å². The maximum atomic E-state index is 7.29.